The third kappa shape index (κ3) is 4.23. The second-order valence-electron chi connectivity index (χ2n) is 3.31. The van der Waals surface area contributed by atoms with E-state index in [2.05, 4.69) is 0 Å². The number of carboxylic acid groups (broad SMARTS) is 1. The molecule has 0 fully saturated rings. The molecule has 0 aliphatic carbocycles. The quantitative estimate of drug-likeness (QED) is 0.757. The molecule has 0 bridgehead atoms. The number of carbonyl (C=O) groups is 1. The third-order valence-electron chi connectivity index (χ3n) is 2.04. The van der Waals surface area contributed by atoms with E-state index in [9.17, 15) is 4.79 Å². The summed E-state index contributed by atoms with van der Waals surface area (Å²) in [6, 6.07) is 7.07. The van der Waals surface area contributed by atoms with Gasteiger partial charge in [0.2, 0.25) is 0 Å². The maximum absolute atomic E-state index is 10.5. The Morgan fingerprint density at radius 3 is 2.62 bits per heavy atom. The molecule has 1 aromatic rings. The summed E-state index contributed by atoms with van der Waals surface area (Å²) in [5.74, 6) is -0.0879. The molecular weight excluding hydrogens is 273 g/mol. The SMILES string of the molecule is COc1ccc(C[Se]C[C@H](N)C(=O)O)cc1. The van der Waals surface area contributed by atoms with Crippen LogP contribution in [-0.2, 0) is 10.1 Å². The van der Waals surface area contributed by atoms with Gasteiger partial charge < -0.3 is 0 Å². The van der Waals surface area contributed by atoms with Crippen LogP contribution in [0.5, 0.6) is 5.75 Å². The number of hydrogen-bond acceptors (Lipinski definition) is 3. The average molecular weight is 288 g/mol. The molecule has 16 heavy (non-hydrogen) atoms. The molecule has 0 unspecified atom stereocenters. The first kappa shape index (κ1) is 13.0. The molecule has 0 saturated carbocycles. The van der Waals surface area contributed by atoms with Crippen LogP contribution >= 0.6 is 0 Å². The molecule has 0 aliphatic heterocycles. The van der Waals surface area contributed by atoms with Crippen molar-refractivity contribution in [3.63, 3.8) is 0 Å². The standard InChI is InChI=1S/C11H15NO3Se/c1-15-9-4-2-8(3-5-9)6-16-7-10(12)11(13)14/h2-5,10H,6-7,12H2,1H3,(H,13,14)/t10-/m0/s1. The van der Waals surface area contributed by atoms with Gasteiger partial charge in [0.05, 0.1) is 0 Å². The number of nitrogens with two attached hydrogens (primary N) is 1. The van der Waals surface area contributed by atoms with E-state index in [4.69, 9.17) is 15.6 Å². The van der Waals surface area contributed by atoms with E-state index >= 15 is 0 Å². The summed E-state index contributed by atoms with van der Waals surface area (Å²) in [5.41, 5.74) is 6.62. The van der Waals surface area contributed by atoms with Gasteiger partial charge in [-0.05, 0) is 0 Å². The van der Waals surface area contributed by atoms with Gasteiger partial charge in [-0.3, -0.25) is 0 Å². The Morgan fingerprint density at radius 1 is 1.50 bits per heavy atom. The van der Waals surface area contributed by atoms with Gasteiger partial charge in [0, 0.05) is 0 Å². The summed E-state index contributed by atoms with van der Waals surface area (Å²) in [5, 5.41) is 10.1. The predicted octanol–water partition coefficient (Wildman–Crippen LogP) is 0.730. The van der Waals surface area contributed by atoms with Crippen molar-refractivity contribution >= 4 is 20.9 Å². The Balaban J connectivity index is 2.34. The van der Waals surface area contributed by atoms with E-state index in [1.807, 2.05) is 24.3 Å². The summed E-state index contributed by atoms with van der Waals surface area (Å²) in [6.45, 7) is 0. The summed E-state index contributed by atoms with van der Waals surface area (Å²) in [7, 11) is 1.63. The zero-order chi connectivity index (χ0) is 12.0. The minimum absolute atomic E-state index is 0.229. The molecule has 1 rings (SSSR count). The molecule has 1 aromatic carbocycles. The van der Waals surface area contributed by atoms with Gasteiger partial charge in [-0.1, -0.05) is 0 Å². The van der Waals surface area contributed by atoms with E-state index in [-0.39, 0.29) is 15.0 Å². The summed E-state index contributed by atoms with van der Waals surface area (Å²) in [4.78, 5) is 10.5. The first-order valence-electron chi connectivity index (χ1n) is 4.82. The van der Waals surface area contributed by atoms with Crippen molar-refractivity contribution < 1.29 is 14.6 Å². The van der Waals surface area contributed by atoms with Crippen molar-refractivity contribution in [2.45, 2.75) is 16.7 Å². The van der Waals surface area contributed by atoms with E-state index in [1.165, 1.54) is 5.56 Å². The van der Waals surface area contributed by atoms with Crippen molar-refractivity contribution in [2.75, 3.05) is 7.11 Å². The van der Waals surface area contributed by atoms with Crippen LogP contribution in [0.4, 0.5) is 0 Å². The van der Waals surface area contributed by atoms with Gasteiger partial charge in [-0.2, -0.15) is 0 Å². The van der Waals surface area contributed by atoms with Crippen LogP contribution in [0.2, 0.25) is 5.32 Å². The number of methoxy groups -OCH3 is 1. The van der Waals surface area contributed by atoms with Crippen LogP contribution in [-0.4, -0.2) is 39.2 Å². The van der Waals surface area contributed by atoms with E-state index in [0.717, 1.165) is 11.1 Å². The van der Waals surface area contributed by atoms with Crippen LogP contribution in [0.3, 0.4) is 0 Å². The molecule has 0 radical (unpaired) electrons. The van der Waals surface area contributed by atoms with Crippen LogP contribution < -0.4 is 10.5 Å². The first-order valence-corrected chi connectivity index (χ1v) is 7.25. The van der Waals surface area contributed by atoms with E-state index in [1.54, 1.807) is 7.11 Å². The van der Waals surface area contributed by atoms with Crippen molar-refractivity contribution in [3.05, 3.63) is 29.8 Å². The van der Waals surface area contributed by atoms with Crippen LogP contribution in [0.25, 0.3) is 0 Å². The van der Waals surface area contributed by atoms with Gasteiger partial charge >= 0.3 is 101 Å². The normalized spacial score (nSPS) is 12.1. The van der Waals surface area contributed by atoms with Gasteiger partial charge in [0.1, 0.15) is 0 Å². The number of rotatable bonds is 6. The molecule has 0 saturated heterocycles. The first-order chi connectivity index (χ1) is 7.63. The summed E-state index contributed by atoms with van der Waals surface area (Å²) in [6.07, 6.45) is 0. The molecule has 4 nitrogen and oxygen atoms in total. The number of ether oxygens (including phenoxy) is 1. The zero-order valence-electron chi connectivity index (χ0n) is 9.05. The Labute approximate surface area is 101 Å². The number of aliphatic carboxylic acids is 1. The molecule has 88 valence electrons. The monoisotopic (exact) mass is 289 g/mol. The molecule has 0 aromatic heterocycles. The minimum atomic E-state index is -0.920. The number of hydrogen-bond donors (Lipinski definition) is 2. The molecule has 0 heterocycles. The average Bonchev–Trinajstić information content (AvgIpc) is 2.29. The van der Waals surface area contributed by atoms with Crippen LogP contribution in [0.15, 0.2) is 24.3 Å². The predicted molar refractivity (Wildman–Crippen MR) is 62.9 cm³/mol. The van der Waals surface area contributed by atoms with Crippen molar-refractivity contribution in [1.29, 1.82) is 0 Å². The van der Waals surface area contributed by atoms with Gasteiger partial charge in [0.15, 0.2) is 0 Å². The Morgan fingerprint density at radius 2 is 2.12 bits per heavy atom. The number of benzene rings is 1. The molecule has 1 atom stereocenters. The second kappa shape index (κ2) is 6.53. The molecule has 0 aliphatic rings. The third-order valence-corrected chi connectivity index (χ3v) is 4.42. The second-order valence-corrected chi connectivity index (χ2v) is 5.47. The van der Waals surface area contributed by atoms with Crippen molar-refractivity contribution in [3.8, 4) is 5.75 Å². The molecule has 0 amide bonds. The molecule has 0 spiro atoms. The fourth-order valence-electron chi connectivity index (χ4n) is 1.10. The van der Waals surface area contributed by atoms with Crippen molar-refractivity contribution in [1.82, 2.24) is 0 Å². The van der Waals surface area contributed by atoms with Gasteiger partial charge in [0.25, 0.3) is 0 Å². The fraction of sp³-hybridized carbons (Fsp3) is 0.364. The van der Waals surface area contributed by atoms with Crippen molar-refractivity contribution in [2.24, 2.45) is 5.73 Å². The fourth-order valence-corrected chi connectivity index (χ4v) is 3.07. The molecular formula is C11H15NO3Se. The van der Waals surface area contributed by atoms with Gasteiger partial charge in [-0.15, -0.1) is 0 Å². The zero-order valence-corrected chi connectivity index (χ0v) is 10.8. The van der Waals surface area contributed by atoms with Crippen LogP contribution in [0, 0.1) is 0 Å². The Hall–Kier alpha value is -1.03. The summed E-state index contributed by atoms with van der Waals surface area (Å²) >= 11 is 0.229. The number of carboxylic acids is 1. The Bertz CT molecular complexity index is 340. The maximum atomic E-state index is 10.5. The van der Waals surface area contributed by atoms with Gasteiger partial charge in [-0.25, -0.2) is 0 Å². The van der Waals surface area contributed by atoms with Crippen LogP contribution in [0.1, 0.15) is 5.56 Å². The molecule has 5 heteroatoms. The summed E-state index contributed by atoms with van der Waals surface area (Å²) < 4.78 is 5.05. The van der Waals surface area contributed by atoms with E-state index in [0.29, 0.717) is 5.32 Å². The molecule has 3 N–H and O–H groups in total. The topological polar surface area (TPSA) is 72.5 Å². The van der Waals surface area contributed by atoms with E-state index < -0.39 is 12.0 Å². The Kier molecular flexibility index (Phi) is 5.32.